The maximum absolute atomic E-state index is 5.44. The van der Waals surface area contributed by atoms with Crippen LogP contribution in [0.4, 0.5) is 5.82 Å². The SMILES string of the molecule is C/C=C(/C)c1ccc(N)nc1. The number of aromatic nitrogens is 1. The van der Waals surface area contributed by atoms with Crippen molar-refractivity contribution in [1.82, 2.24) is 4.98 Å². The fraction of sp³-hybridized carbons (Fsp3) is 0.222. The van der Waals surface area contributed by atoms with Crippen molar-refractivity contribution >= 4 is 11.4 Å². The Balaban J connectivity index is 2.99. The molecule has 0 aromatic carbocycles. The Kier molecular flexibility index (Phi) is 2.26. The van der Waals surface area contributed by atoms with Crippen molar-refractivity contribution < 1.29 is 0 Å². The lowest BCUT2D eigenvalue weighted by Crippen LogP contribution is -1.89. The van der Waals surface area contributed by atoms with Gasteiger partial charge in [0.05, 0.1) is 0 Å². The molecule has 0 unspecified atom stereocenters. The molecule has 0 saturated carbocycles. The highest BCUT2D eigenvalue weighted by Gasteiger charge is 1.92. The second-order valence-corrected chi connectivity index (χ2v) is 2.44. The van der Waals surface area contributed by atoms with Gasteiger partial charge in [-0.1, -0.05) is 6.08 Å². The van der Waals surface area contributed by atoms with E-state index in [0.29, 0.717) is 5.82 Å². The summed E-state index contributed by atoms with van der Waals surface area (Å²) in [5.41, 5.74) is 7.78. The monoisotopic (exact) mass is 148 g/mol. The normalized spacial score (nSPS) is 11.6. The predicted octanol–water partition coefficient (Wildman–Crippen LogP) is 2.09. The molecule has 2 N–H and O–H groups in total. The number of hydrogen-bond acceptors (Lipinski definition) is 2. The molecule has 0 fully saturated rings. The summed E-state index contributed by atoms with van der Waals surface area (Å²) in [5, 5.41) is 0. The van der Waals surface area contributed by atoms with Gasteiger partial charge in [-0.05, 0) is 37.1 Å². The topological polar surface area (TPSA) is 38.9 Å². The third-order valence-corrected chi connectivity index (χ3v) is 1.67. The Labute approximate surface area is 66.8 Å². The number of nitrogen functional groups attached to an aromatic ring is 1. The summed E-state index contributed by atoms with van der Waals surface area (Å²) in [7, 11) is 0. The van der Waals surface area contributed by atoms with Crippen LogP contribution in [-0.4, -0.2) is 4.98 Å². The van der Waals surface area contributed by atoms with Gasteiger partial charge < -0.3 is 5.73 Å². The zero-order valence-corrected chi connectivity index (χ0v) is 6.83. The molecule has 0 bridgehead atoms. The molecule has 0 amide bonds. The molecular formula is C9H12N2. The highest BCUT2D eigenvalue weighted by atomic mass is 14.8. The van der Waals surface area contributed by atoms with E-state index in [2.05, 4.69) is 4.98 Å². The lowest BCUT2D eigenvalue weighted by atomic mass is 10.1. The minimum absolute atomic E-state index is 0.567. The van der Waals surface area contributed by atoms with Crippen molar-refractivity contribution in [2.45, 2.75) is 13.8 Å². The number of hydrogen-bond donors (Lipinski definition) is 1. The van der Waals surface area contributed by atoms with Gasteiger partial charge in [0.15, 0.2) is 0 Å². The first-order valence-corrected chi connectivity index (χ1v) is 3.59. The number of nitrogens with two attached hydrogens (primary N) is 1. The predicted molar refractivity (Wildman–Crippen MR) is 48.0 cm³/mol. The summed E-state index contributed by atoms with van der Waals surface area (Å²) in [6, 6.07) is 3.78. The van der Waals surface area contributed by atoms with E-state index in [1.807, 2.05) is 32.1 Å². The molecule has 0 aliphatic heterocycles. The van der Waals surface area contributed by atoms with Gasteiger partial charge in [0.1, 0.15) is 5.82 Å². The van der Waals surface area contributed by atoms with Crippen LogP contribution in [0.15, 0.2) is 24.4 Å². The van der Waals surface area contributed by atoms with Crippen molar-refractivity contribution in [2.75, 3.05) is 5.73 Å². The Hall–Kier alpha value is -1.31. The Bertz CT molecular complexity index is 259. The van der Waals surface area contributed by atoms with Crippen LogP contribution >= 0.6 is 0 Å². The number of allylic oxidation sites excluding steroid dienone is 2. The molecule has 0 aliphatic carbocycles. The minimum atomic E-state index is 0.567. The number of rotatable bonds is 1. The smallest absolute Gasteiger partial charge is 0.123 e. The molecule has 58 valence electrons. The summed E-state index contributed by atoms with van der Waals surface area (Å²) < 4.78 is 0. The second kappa shape index (κ2) is 3.19. The summed E-state index contributed by atoms with van der Waals surface area (Å²) in [5.74, 6) is 0.567. The zero-order valence-electron chi connectivity index (χ0n) is 6.83. The van der Waals surface area contributed by atoms with Gasteiger partial charge in [0.2, 0.25) is 0 Å². The zero-order chi connectivity index (χ0) is 8.27. The van der Waals surface area contributed by atoms with Crippen molar-refractivity contribution in [3.63, 3.8) is 0 Å². The van der Waals surface area contributed by atoms with E-state index >= 15 is 0 Å². The number of anilines is 1. The first-order chi connectivity index (χ1) is 5.24. The molecule has 1 aromatic rings. The lowest BCUT2D eigenvalue weighted by Gasteiger charge is -1.98. The van der Waals surface area contributed by atoms with Crippen LogP contribution in [0.3, 0.4) is 0 Å². The molecule has 2 heteroatoms. The lowest BCUT2D eigenvalue weighted by molar-refractivity contribution is 1.31. The van der Waals surface area contributed by atoms with E-state index in [1.165, 1.54) is 5.57 Å². The standard InChI is InChI=1S/C9H12N2/c1-3-7(2)8-4-5-9(10)11-6-8/h3-6H,1-2H3,(H2,10,11)/b7-3-. The van der Waals surface area contributed by atoms with E-state index in [9.17, 15) is 0 Å². The van der Waals surface area contributed by atoms with Crippen molar-refractivity contribution in [2.24, 2.45) is 0 Å². The number of pyridine rings is 1. The minimum Gasteiger partial charge on any atom is -0.384 e. The van der Waals surface area contributed by atoms with Gasteiger partial charge in [-0.25, -0.2) is 4.98 Å². The highest BCUT2D eigenvalue weighted by molar-refractivity contribution is 5.63. The molecule has 11 heavy (non-hydrogen) atoms. The van der Waals surface area contributed by atoms with E-state index in [0.717, 1.165) is 5.56 Å². The molecule has 1 heterocycles. The summed E-state index contributed by atoms with van der Waals surface area (Å²) in [4.78, 5) is 3.99. The van der Waals surface area contributed by atoms with Gasteiger partial charge >= 0.3 is 0 Å². The van der Waals surface area contributed by atoms with Crippen molar-refractivity contribution in [3.05, 3.63) is 30.0 Å². The van der Waals surface area contributed by atoms with Crippen LogP contribution in [0.25, 0.3) is 5.57 Å². The Morgan fingerprint density at radius 3 is 2.73 bits per heavy atom. The van der Waals surface area contributed by atoms with E-state index in [4.69, 9.17) is 5.73 Å². The van der Waals surface area contributed by atoms with Crippen molar-refractivity contribution in [1.29, 1.82) is 0 Å². The van der Waals surface area contributed by atoms with Gasteiger partial charge in [-0.2, -0.15) is 0 Å². The average molecular weight is 148 g/mol. The van der Waals surface area contributed by atoms with Crippen LogP contribution in [0.5, 0.6) is 0 Å². The molecule has 0 saturated heterocycles. The fourth-order valence-corrected chi connectivity index (χ4v) is 0.805. The third kappa shape index (κ3) is 1.80. The van der Waals surface area contributed by atoms with E-state index < -0.39 is 0 Å². The van der Waals surface area contributed by atoms with Gasteiger partial charge in [0.25, 0.3) is 0 Å². The summed E-state index contributed by atoms with van der Waals surface area (Å²) >= 11 is 0. The van der Waals surface area contributed by atoms with Crippen LogP contribution < -0.4 is 5.73 Å². The summed E-state index contributed by atoms with van der Waals surface area (Å²) in [6.45, 7) is 4.05. The summed E-state index contributed by atoms with van der Waals surface area (Å²) in [6.07, 6.45) is 3.83. The molecule has 0 radical (unpaired) electrons. The molecule has 0 aliphatic rings. The van der Waals surface area contributed by atoms with Gasteiger partial charge in [-0.15, -0.1) is 0 Å². The Morgan fingerprint density at radius 1 is 1.55 bits per heavy atom. The largest absolute Gasteiger partial charge is 0.384 e. The van der Waals surface area contributed by atoms with E-state index in [1.54, 1.807) is 6.20 Å². The van der Waals surface area contributed by atoms with E-state index in [-0.39, 0.29) is 0 Å². The maximum atomic E-state index is 5.44. The maximum Gasteiger partial charge on any atom is 0.123 e. The molecule has 0 spiro atoms. The highest BCUT2D eigenvalue weighted by Crippen LogP contribution is 2.12. The van der Waals surface area contributed by atoms with Crippen LogP contribution in [0, 0.1) is 0 Å². The van der Waals surface area contributed by atoms with Crippen LogP contribution in [0.2, 0.25) is 0 Å². The molecular weight excluding hydrogens is 136 g/mol. The second-order valence-electron chi connectivity index (χ2n) is 2.44. The quantitative estimate of drug-likeness (QED) is 0.662. The molecule has 1 rings (SSSR count). The first-order valence-electron chi connectivity index (χ1n) is 3.59. The van der Waals surface area contributed by atoms with Gasteiger partial charge in [0, 0.05) is 6.20 Å². The molecule has 2 nitrogen and oxygen atoms in total. The average Bonchev–Trinajstić information content (AvgIpc) is 2.05. The molecule has 1 aromatic heterocycles. The van der Waals surface area contributed by atoms with Crippen LogP contribution in [-0.2, 0) is 0 Å². The fourth-order valence-electron chi connectivity index (χ4n) is 0.805. The third-order valence-electron chi connectivity index (χ3n) is 1.67. The van der Waals surface area contributed by atoms with Crippen LogP contribution in [0.1, 0.15) is 19.4 Å². The van der Waals surface area contributed by atoms with Gasteiger partial charge in [-0.3, -0.25) is 0 Å². The molecule has 0 atom stereocenters. The first kappa shape index (κ1) is 7.79. The number of nitrogens with zero attached hydrogens (tertiary/aromatic N) is 1. The Morgan fingerprint density at radius 2 is 2.27 bits per heavy atom. The van der Waals surface area contributed by atoms with Crippen molar-refractivity contribution in [3.8, 4) is 0 Å².